The topological polar surface area (TPSA) is 40.5 Å². The second-order valence-corrected chi connectivity index (χ2v) is 3.33. The highest BCUT2D eigenvalue weighted by Gasteiger charge is 2.19. The van der Waals surface area contributed by atoms with Gasteiger partial charge in [-0.3, -0.25) is 0 Å². The van der Waals surface area contributed by atoms with Crippen LogP contribution in [0.3, 0.4) is 0 Å². The molecule has 0 saturated carbocycles. The predicted octanol–water partition coefficient (Wildman–Crippen LogP) is 0.982. The molecule has 2 N–H and O–H groups in total. The Morgan fingerprint density at radius 1 is 1.17 bits per heavy atom. The van der Waals surface area contributed by atoms with E-state index in [9.17, 15) is 0 Å². The van der Waals surface area contributed by atoms with Crippen molar-refractivity contribution in [1.29, 1.82) is 0 Å². The van der Waals surface area contributed by atoms with E-state index in [1.807, 2.05) is 6.92 Å². The van der Waals surface area contributed by atoms with Gasteiger partial charge >= 0.3 is 7.12 Å². The maximum absolute atomic E-state index is 8.86. The van der Waals surface area contributed by atoms with Crippen molar-refractivity contribution in [2.45, 2.75) is 6.92 Å². The summed E-state index contributed by atoms with van der Waals surface area (Å²) in [4.78, 5) is 0. The molecular formula is C7H7BCl2O2. The monoisotopic (exact) mass is 204 g/mol. The summed E-state index contributed by atoms with van der Waals surface area (Å²) in [5.74, 6) is 0. The van der Waals surface area contributed by atoms with Crippen molar-refractivity contribution in [3.8, 4) is 0 Å². The highest BCUT2D eigenvalue weighted by molar-refractivity contribution is 6.66. The van der Waals surface area contributed by atoms with Crippen LogP contribution in [0.2, 0.25) is 10.0 Å². The molecule has 0 atom stereocenters. The SMILES string of the molecule is Cc1cc(Cl)c(B(O)O)c(Cl)c1. The molecule has 0 aliphatic heterocycles. The van der Waals surface area contributed by atoms with Crippen LogP contribution in [0.15, 0.2) is 12.1 Å². The lowest BCUT2D eigenvalue weighted by Crippen LogP contribution is -2.31. The summed E-state index contributed by atoms with van der Waals surface area (Å²) in [6, 6.07) is 3.25. The summed E-state index contributed by atoms with van der Waals surface area (Å²) >= 11 is 11.5. The van der Waals surface area contributed by atoms with Crippen LogP contribution in [0, 0.1) is 6.92 Å². The second-order valence-electron chi connectivity index (χ2n) is 2.52. The van der Waals surface area contributed by atoms with E-state index in [-0.39, 0.29) is 15.5 Å². The molecule has 0 amide bonds. The van der Waals surface area contributed by atoms with Gasteiger partial charge in [0.25, 0.3) is 0 Å². The molecule has 0 bridgehead atoms. The van der Waals surface area contributed by atoms with E-state index in [2.05, 4.69) is 0 Å². The first-order valence-corrected chi connectivity index (χ1v) is 4.09. The van der Waals surface area contributed by atoms with Gasteiger partial charge in [-0.2, -0.15) is 0 Å². The van der Waals surface area contributed by atoms with Gasteiger partial charge in [0, 0.05) is 15.5 Å². The van der Waals surface area contributed by atoms with Crippen LogP contribution in [0.4, 0.5) is 0 Å². The minimum atomic E-state index is -1.62. The first kappa shape index (κ1) is 9.87. The van der Waals surface area contributed by atoms with Gasteiger partial charge in [0.15, 0.2) is 0 Å². The molecule has 12 heavy (non-hydrogen) atoms. The highest BCUT2D eigenvalue weighted by Crippen LogP contribution is 2.16. The van der Waals surface area contributed by atoms with Gasteiger partial charge in [-0.15, -0.1) is 0 Å². The summed E-state index contributed by atoms with van der Waals surface area (Å²) in [6.07, 6.45) is 0. The van der Waals surface area contributed by atoms with Gasteiger partial charge in [-0.1, -0.05) is 23.2 Å². The molecule has 1 aromatic rings. The van der Waals surface area contributed by atoms with Gasteiger partial charge in [-0.05, 0) is 24.6 Å². The minimum absolute atomic E-state index is 0.156. The van der Waals surface area contributed by atoms with E-state index in [0.29, 0.717) is 0 Å². The fourth-order valence-corrected chi connectivity index (χ4v) is 1.75. The van der Waals surface area contributed by atoms with Gasteiger partial charge in [0.1, 0.15) is 0 Å². The average Bonchev–Trinajstić information content (AvgIpc) is 1.82. The molecule has 2 nitrogen and oxygen atoms in total. The minimum Gasteiger partial charge on any atom is -0.423 e. The lowest BCUT2D eigenvalue weighted by molar-refractivity contribution is 0.426. The Labute approximate surface area is 80.9 Å². The summed E-state index contributed by atoms with van der Waals surface area (Å²) in [5, 5.41) is 18.3. The first-order chi connectivity index (χ1) is 5.52. The van der Waals surface area contributed by atoms with Crippen LogP contribution < -0.4 is 5.46 Å². The average molecular weight is 205 g/mol. The van der Waals surface area contributed by atoms with Gasteiger partial charge < -0.3 is 10.0 Å². The number of halogens is 2. The summed E-state index contributed by atoms with van der Waals surface area (Å²) < 4.78 is 0. The third-order valence-electron chi connectivity index (χ3n) is 1.48. The third kappa shape index (κ3) is 1.93. The maximum atomic E-state index is 8.86. The quantitative estimate of drug-likeness (QED) is 0.670. The van der Waals surface area contributed by atoms with Crippen LogP contribution in [0.5, 0.6) is 0 Å². The number of benzene rings is 1. The smallest absolute Gasteiger partial charge is 0.423 e. The lowest BCUT2D eigenvalue weighted by Gasteiger charge is -2.06. The van der Waals surface area contributed by atoms with Crippen molar-refractivity contribution in [2.24, 2.45) is 0 Å². The van der Waals surface area contributed by atoms with Gasteiger partial charge in [0.05, 0.1) is 0 Å². The fourth-order valence-electron chi connectivity index (χ4n) is 0.958. The van der Waals surface area contributed by atoms with Gasteiger partial charge in [0.2, 0.25) is 0 Å². The Morgan fingerprint density at radius 2 is 1.58 bits per heavy atom. The number of aryl methyl sites for hydroxylation is 1. The number of rotatable bonds is 1. The molecule has 0 heterocycles. The van der Waals surface area contributed by atoms with E-state index in [1.54, 1.807) is 12.1 Å². The Morgan fingerprint density at radius 3 is 1.92 bits per heavy atom. The van der Waals surface area contributed by atoms with E-state index in [4.69, 9.17) is 33.2 Å². The second kappa shape index (κ2) is 3.67. The van der Waals surface area contributed by atoms with Crippen molar-refractivity contribution in [3.63, 3.8) is 0 Å². The Bertz CT molecular complexity index is 278. The molecule has 0 spiro atoms. The van der Waals surface area contributed by atoms with E-state index in [1.165, 1.54) is 0 Å². The van der Waals surface area contributed by atoms with Crippen molar-refractivity contribution >= 4 is 35.8 Å². The maximum Gasteiger partial charge on any atom is 0.491 e. The molecule has 0 fully saturated rings. The van der Waals surface area contributed by atoms with Crippen LogP contribution >= 0.6 is 23.2 Å². The van der Waals surface area contributed by atoms with Crippen molar-refractivity contribution in [1.82, 2.24) is 0 Å². The standard InChI is InChI=1S/C7H7BCl2O2/c1-4-2-5(9)7(8(11)12)6(10)3-4/h2-3,11-12H,1H3. The summed E-state index contributed by atoms with van der Waals surface area (Å²) in [6.45, 7) is 1.82. The van der Waals surface area contributed by atoms with Crippen molar-refractivity contribution < 1.29 is 10.0 Å². The van der Waals surface area contributed by atoms with E-state index >= 15 is 0 Å². The van der Waals surface area contributed by atoms with Crippen molar-refractivity contribution in [2.75, 3.05) is 0 Å². The molecular weight excluding hydrogens is 198 g/mol. The zero-order chi connectivity index (χ0) is 9.30. The Kier molecular flexibility index (Phi) is 3.01. The van der Waals surface area contributed by atoms with Crippen LogP contribution in [0.25, 0.3) is 0 Å². The molecule has 0 aliphatic rings. The third-order valence-corrected chi connectivity index (χ3v) is 2.11. The highest BCUT2D eigenvalue weighted by atomic mass is 35.5. The predicted molar refractivity (Wildman–Crippen MR) is 51.0 cm³/mol. The molecule has 0 aliphatic carbocycles. The summed E-state index contributed by atoms with van der Waals surface area (Å²) in [5.41, 5.74) is 1.04. The van der Waals surface area contributed by atoms with E-state index in [0.717, 1.165) is 5.56 Å². The molecule has 0 unspecified atom stereocenters. The van der Waals surface area contributed by atoms with Gasteiger partial charge in [-0.25, -0.2) is 0 Å². The molecule has 1 rings (SSSR count). The number of hydrogen-bond donors (Lipinski definition) is 2. The molecule has 0 saturated heterocycles. The Balaban J connectivity index is 3.28. The largest absolute Gasteiger partial charge is 0.491 e. The molecule has 64 valence electrons. The molecule has 5 heteroatoms. The van der Waals surface area contributed by atoms with Crippen molar-refractivity contribution in [3.05, 3.63) is 27.7 Å². The van der Waals surface area contributed by atoms with Crippen LogP contribution in [0.1, 0.15) is 5.56 Å². The van der Waals surface area contributed by atoms with E-state index < -0.39 is 7.12 Å². The molecule has 0 aromatic heterocycles. The summed E-state index contributed by atoms with van der Waals surface area (Å²) in [7, 11) is -1.62. The Hall–Kier alpha value is -0.215. The zero-order valence-electron chi connectivity index (χ0n) is 6.38. The first-order valence-electron chi connectivity index (χ1n) is 3.34. The normalized spacial score (nSPS) is 10.1. The molecule has 0 radical (unpaired) electrons. The molecule has 1 aromatic carbocycles. The number of hydrogen-bond acceptors (Lipinski definition) is 2. The lowest BCUT2D eigenvalue weighted by atomic mass is 9.80. The van der Waals surface area contributed by atoms with Crippen LogP contribution in [-0.2, 0) is 0 Å². The zero-order valence-corrected chi connectivity index (χ0v) is 7.89. The fraction of sp³-hybridized carbons (Fsp3) is 0.143. The van der Waals surface area contributed by atoms with Crippen LogP contribution in [-0.4, -0.2) is 17.2 Å².